The van der Waals surface area contributed by atoms with Gasteiger partial charge < -0.3 is 4.90 Å². The highest BCUT2D eigenvalue weighted by Gasteiger charge is 2.19. The van der Waals surface area contributed by atoms with E-state index in [0.29, 0.717) is 6.54 Å². The molecule has 1 aromatic heterocycles. The average Bonchev–Trinajstić information content (AvgIpc) is 2.46. The minimum absolute atomic E-state index is 0.155. The Hall–Kier alpha value is -2.43. The third-order valence-electron chi connectivity index (χ3n) is 3.61. The van der Waals surface area contributed by atoms with Crippen molar-refractivity contribution < 1.29 is 4.92 Å². The van der Waals surface area contributed by atoms with Crippen LogP contribution >= 0.6 is 0 Å². The molecule has 3 rings (SSSR count). The van der Waals surface area contributed by atoms with Gasteiger partial charge >= 0.3 is 0 Å². The molecule has 0 radical (unpaired) electrons. The fourth-order valence-corrected chi connectivity index (χ4v) is 2.56. The van der Waals surface area contributed by atoms with Crippen LogP contribution in [-0.2, 0) is 13.0 Å². The lowest BCUT2D eigenvalue weighted by atomic mass is 9.99. The second-order valence-corrected chi connectivity index (χ2v) is 5.02. The fraction of sp³-hybridized carbons (Fsp3) is 0.267. The molecule has 0 N–H and O–H groups in total. The molecular formula is C15H15N3O2. The Labute approximate surface area is 117 Å². The molecule has 5 nitrogen and oxygen atoms in total. The van der Waals surface area contributed by atoms with Gasteiger partial charge in [0.2, 0.25) is 0 Å². The quantitative estimate of drug-likeness (QED) is 0.621. The third-order valence-corrected chi connectivity index (χ3v) is 3.61. The Balaban J connectivity index is 1.91. The number of nitrogens with zero attached hydrogens (tertiary/aromatic N) is 3. The van der Waals surface area contributed by atoms with Crippen molar-refractivity contribution in [1.29, 1.82) is 0 Å². The first kappa shape index (κ1) is 12.6. The smallest absolute Gasteiger partial charge is 0.269 e. The fourth-order valence-electron chi connectivity index (χ4n) is 2.56. The highest BCUT2D eigenvalue weighted by atomic mass is 16.6. The van der Waals surface area contributed by atoms with Gasteiger partial charge in [0.15, 0.2) is 0 Å². The maximum Gasteiger partial charge on any atom is 0.269 e. The number of non-ortho nitro benzene ring substituents is 1. The van der Waals surface area contributed by atoms with Crippen LogP contribution in [0.25, 0.3) is 0 Å². The van der Waals surface area contributed by atoms with Crippen LogP contribution in [-0.4, -0.2) is 16.5 Å². The average molecular weight is 269 g/mol. The molecule has 20 heavy (non-hydrogen) atoms. The van der Waals surface area contributed by atoms with E-state index in [9.17, 15) is 10.1 Å². The van der Waals surface area contributed by atoms with Crippen LogP contribution in [0.3, 0.4) is 0 Å². The van der Waals surface area contributed by atoms with Crippen LogP contribution in [0, 0.1) is 17.0 Å². The first-order valence-corrected chi connectivity index (χ1v) is 6.58. The van der Waals surface area contributed by atoms with Gasteiger partial charge in [0.05, 0.1) is 4.92 Å². The minimum Gasteiger partial charge on any atom is -0.352 e. The van der Waals surface area contributed by atoms with Gasteiger partial charge in [0.25, 0.3) is 5.69 Å². The van der Waals surface area contributed by atoms with E-state index in [2.05, 4.69) is 9.88 Å². The highest BCUT2D eigenvalue weighted by molar-refractivity contribution is 5.48. The molecule has 0 saturated heterocycles. The second kappa shape index (κ2) is 4.92. The summed E-state index contributed by atoms with van der Waals surface area (Å²) in [6.07, 6.45) is 0.892. The minimum atomic E-state index is -0.343. The van der Waals surface area contributed by atoms with Gasteiger partial charge in [-0.05, 0) is 36.6 Å². The molecule has 0 saturated carbocycles. The topological polar surface area (TPSA) is 59.3 Å². The van der Waals surface area contributed by atoms with Crippen LogP contribution in [0.2, 0.25) is 0 Å². The lowest BCUT2D eigenvalue weighted by molar-refractivity contribution is -0.384. The molecule has 2 aromatic rings. The molecule has 0 unspecified atom stereocenters. The molecule has 0 aliphatic carbocycles. The highest BCUT2D eigenvalue weighted by Crippen LogP contribution is 2.26. The van der Waals surface area contributed by atoms with Crippen molar-refractivity contribution in [3.05, 3.63) is 63.3 Å². The molecule has 0 fully saturated rings. The zero-order chi connectivity index (χ0) is 14.1. The van der Waals surface area contributed by atoms with Crippen molar-refractivity contribution in [2.24, 2.45) is 0 Å². The number of hydrogen-bond acceptors (Lipinski definition) is 4. The number of hydrogen-bond donors (Lipinski definition) is 0. The number of nitro groups is 1. The first-order valence-electron chi connectivity index (χ1n) is 6.58. The summed E-state index contributed by atoms with van der Waals surface area (Å²) in [5.41, 5.74) is 3.35. The molecule has 1 aromatic carbocycles. The zero-order valence-corrected chi connectivity index (χ0v) is 11.2. The number of nitro benzene ring substituents is 1. The van der Waals surface area contributed by atoms with Crippen LogP contribution in [0.15, 0.2) is 36.4 Å². The Bertz CT molecular complexity index is 670. The van der Waals surface area contributed by atoms with E-state index in [0.717, 1.165) is 30.0 Å². The van der Waals surface area contributed by atoms with Gasteiger partial charge in [-0.3, -0.25) is 10.1 Å². The van der Waals surface area contributed by atoms with Gasteiger partial charge in [-0.15, -0.1) is 0 Å². The molecule has 0 amide bonds. The number of fused-ring (bicyclic) bond motifs is 1. The standard InChI is InChI=1S/C15H15N3O2/c1-11-3-2-4-15(16-11)17-8-7-12-5-6-14(18(19)20)9-13(12)10-17/h2-6,9H,7-8,10H2,1H3. The summed E-state index contributed by atoms with van der Waals surface area (Å²) in [6.45, 7) is 3.53. The van der Waals surface area contributed by atoms with E-state index in [4.69, 9.17) is 0 Å². The number of benzene rings is 1. The van der Waals surface area contributed by atoms with E-state index in [1.807, 2.05) is 31.2 Å². The van der Waals surface area contributed by atoms with E-state index in [1.165, 1.54) is 5.56 Å². The molecule has 0 bridgehead atoms. The van der Waals surface area contributed by atoms with Crippen molar-refractivity contribution in [2.75, 3.05) is 11.4 Å². The Kier molecular flexibility index (Phi) is 3.10. The summed E-state index contributed by atoms with van der Waals surface area (Å²) in [7, 11) is 0. The Morgan fingerprint density at radius 1 is 1.25 bits per heavy atom. The summed E-state index contributed by atoms with van der Waals surface area (Å²) >= 11 is 0. The predicted octanol–water partition coefficient (Wildman–Crippen LogP) is 2.86. The lowest BCUT2D eigenvalue weighted by Gasteiger charge is -2.29. The van der Waals surface area contributed by atoms with Crippen LogP contribution in [0.1, 0.15) is 16.8 Å². The van der Waals surface area contributed by atoms with Gasteiger partial charge in [0.1, 0.15) is 5.82 Å². The van der Waals surface area contributed by atoms with Gasteiger partial charge in [0, 0.05) is 30.9 Å². The molecule has 0 spiro atoms. The van der Waals surface area contributed by atoms with Crippen LogP contribution in [0.4, 0.5) is 11.5 Å². The Morgan fingerprint density at radius 3 is 2.85 bits per heavy atom. The van der Waals surface area contributed by atoms with Crippen LogP contribution in [0.5, 0.6) is 0 Å². The Morgan fingerprint density at radius 2 is 2.10 bits per heavy atom. The van der Waals surface area contributed by atoms with E-state index in [-0.39, 0.29) is 10.6 Å². The molecule has 2 heterocycles. The number of anilines is 1. The maximum atomic E-state index is 10.9. The number of rotatable bonds is 2. The summed E-state index contributed by atoms with van der Waals surface area (Å²) in [5.74, 6) is 0.933. The van der Waals surface area contributed by atoms with Crippen molar-refractivity contribution in [3.8, 4) is 0 Å². The lowest BCUT2D eigenvalue weighted by Crippen LogP contribution is -2.31. The molecule has 5 heteroatoms. The van der Waals surface area contributed by atoms with Crippen LogP contribution < -0.4 is 4.90 Å². The predicted molar refractivity (Wildman–Crippen MR) is 76.8 cm³/mol. The van der Waals surface area contributed by atoms with E-state index in [1.54, 1.807) is 12.1 Å². The molecule has 102 valence electrons. The SMILES string of the molecule is Cc1cccc(N2CCc3ccc([N+](=O)[O-])cc3C2)n1. The largest absolute Gasteiger partial charge is 0.352 e. The van der Waals surface area contributed by atoms with Crippen molar-refractivity contribution in [1.82, 2.24) is 4.98 Å². The monoisotopic (exact) mass is 269 g/mol. The second-order valence-electron chi connectivity index (χ2n) is 5.02. The van der Waals surface area contributed by atoms with Gasteiger partial charge in [-0.2, -0.15) is 0 Å². The normalized spacial score (nSPS) is 13.9. The molecular weight excluding hydrogens is 254 g/mol. The van der Waals surface area contributed by atoms with Gasteiger partial charge in [-0.25, -0.2) is 4.98 Å². The number of aromatic nitrogens is 1. The number of aryl methyl sites for hydroxylation is 1. The first-order chi connectivity index (χ1) is 9.63. The van der Waals surface area contributed by atoms with Crippen molar-refractivity contribution in [2.45, 2.75) is 19.9 Å². The summed E-state index contributed by atoms with van der Waals surface area (Å²) in [4.78, 5) is 17.2. The summed E-state index contributed by atoms with van der Waals surface area (Å²) in [5, 5.41) is 10.9. The third kappa shape index (κ3) is 2.34. The summed E-state index contributed by atoms with van der Waals surface area (Å²) < 4.78 is 0. The van der Waals surface area contributed by atoms with E-state index >= 15 is 0 Å². The van der Waals surface area contributed by atoms with Crippen molar-refractivity contribution >= 4 is 11.5 Å². The molecule has 1 aliphatic heterocycles. The number of pyridine rings is 1. The molecule has 0 atom stereocenters. The molecule has 1 aliphatic rings. The van der Waals surface area contributed by atoms with Crippen molar-refractivity contribution in [3.63, 3.8) is 0 Å². The zero-order valence-electron chi connectivity index (χ0n) is 11.2. The maximum absolute atomic E-state index is 10.9. The van der Waals surface area contributed by atoms with Gasteiger partial charge in [-0.1, -0.05) is 12.1 Å². The summed E-state index contributed by atoms with van der Waals surface area (Å²) in [6, 6.07) is 11.1. The van der Waals surface area contributed by atoms with E-state index < -0.39 is 0 Å².